The Morgan fingerprint density at radius 2 is 0.667 bits per heavy atom. The minimum Gasteiger partial charge on any atom is -0.481 e. The molecule has 27 heavy (non-hydrogen) atoms. The molecule has 0 aliphatic rings. The van der Waals surface area contributed by atoms with Crippen molar-refractivity contribution in [2.24, 2.45) is 0 Å². The van der Waals surface area contributed by atoms with E-state index in [4.69, 9.17) is 16.7 Å². The molecule has 0 aliphatic heterocycles. The topological polar surface area (TPSA) is 37.3 Å². The van der Waals surface area contributed by atoms with Gasteiger partial charge in [0.2, 0.25) is 0 Å². The van der Waals surface area contributed by atoms with Gasteiger partial charge in [0.05, 0.1) is 0 Å². The number of rotatable bonds is 23. The van der Waals surface area contributed by atoms with Crippen LogP contribution < -0.4 is 0 Å². The van der Waals surface area contributed by atoms with Gasteiger partial charge >= 0.3 is 5.97 Å². The molecule has 0 spiro atoms. The predicted octanol–water partition coefficient (Wildman–Crippen LogP) is 8.89. The Balaban J connectivity index is 2.98. The maximum atomic E-state index is 10.4. The minimum absolute atomic E-state index is 0.343. The van der Waals surface area contributed by atoms with Gasteiger partial charge in [0, 0.05) is 12.3 Å². The average molecular weight is 403 g/mol. The van der Waals surface area contributed by atoms with E-state index in [9.17, 15) is 4.79 Å². The lowest BCUT2D eigenvalue weighted by atomic mass is 10.0. The predicted molar refractivity (Wildman–Crippen MR) is 120 cm³/mol. The number of carboxylic acids is 1. The van der Waals surface area contributed by atoms with Crippen LogP contribution in [0.5, 0.6) is 0 Å². The molecule has 0 bridgehead atoms. The second-order valence-electron chi connectivity index (χ2n) is 8.26. The maximum Gasteiger partial charge on any atom is 0.303 e. The lowest BCUT2D eigenvalue weighted by molar-refractivity contribution is -0.137. The van der Waals surface area contributed by atoms with Crippen molar-refractivity contribution in [3.63, 3.8) is 0 Å². The number of hydrogen-bond donors (Lipinski definition) is 1. The number of halogens is 1. The molecule has 0 unspecified atom stereocenters. The smallest absolute Gasteiger partial charge is 0.303 e. The molecular weight excluding hydrogens is 356 g/mol. The first-order chi connectivity index (χ1) is 13.3. The van der Waals surface area contributed by atoms with E-state index >= 15 is 0 Å². The van der Waals surface area contributed by atoms with Gasteiger partial charge in [-0.2, -0.15) is 0 Å². The second kappa shape index (κ2) is 23.8. The van der Waals surface area contributed by atoms with Crippen LogP contribution >= 0.6 is 11.6 Å². The van der Waals surface area contributed by atoms with Gasteiger partial charge < -0.3 is 5.11 Å². The van der Waals surface area contributed by atoms with Crippen LogP contribution in [0.2, 0.25) is 0 Å². The van der Waals surface area contributed by atoms with Crippen molar-refractivity contribution in [1.29, 1.82) is 0 Å². The molecule has 3 heteroatoms. The zero-order valence-corrected chi connectivity index (χ0v) is 18.8. The van der Waals surface area contributed by atoms with E-state index in [1.54, 1.807) is 0 Å². The van der Waals surface area contributed by atoms with E-state index in [-0.39, 0.29) is 0 Å². The standard InChI is InChI=1S/C24H47ClO2/c25-23-21-19-17-15-13-11-9-7-5-3-1-2-4-6-8-10-12-14-16-18-20-22-24(26)27/h1-23H2,(H,26,27). The van der Waals surface area contributed by atoms with Gasteiger partial charge in [0.25, 0.3) is 0 Å². The lowest BCUT2D eigenvalue weighted by Gasteiger charge is -2.04. The number of unbranched alkanes of at least 4 members (excludes halogenated alkanes) is 20. The Bertz CT molecular complexity index is 294. The van der Waals surface area contributed by atoms with Crippen LogP contribution in [0.1, 0.15) is 141 Å². The van der Waals surface area contributed by atoms with Gasteiger partial charge in [0.1, 0.15) is 0 Å². The van der Waals surface area contributed by atoms with Crippen molar-refractivity contribution in [2.75, 3.05) is 5.88 Å². The number of aliphatic carboxylic acids is 1. The molecule has 0 aliphatic carbocycles. The fourth-order valence-electron chi connectivity index (χ4n) is 3.73. The monoisotopic (exact) mass is 402 g/mol. The van der Waals surface area contributed by atoms with Crippen LogP contribution in [-0.4, -0.2) is 17.0 Å². The van der Waals surface area contributed by atoms with Crippen molar-refractivity contribution in [3.8, 4) is 0 Å². The Morgan fingerprint density at radius 3 is 0.889 bits per heavy atom. The van der Waals surface area contributed by atoms with Crippen molar-refractivity contribution in [2.45, 2.75) is 141 Å². The zero-order valence-electron chi connectivity index (χ0n) is 18.0. The van der Waals surface area contributed by atoms with E-state index in [0.29, 0.717) is 6.42 Å². The average Bonchev–Trinajstić information content (AvgIpc) is 2.65. The van der Waals surface area contributed by atoms with Crippen LogP contribution in [0.3, 0.4) is 0 Å². The first kappa shape index (κ1) is 26.8. The molecule has 0 aromatic heterocycles. The fraction of sp³-hybridized carbons (Fsp3) is 0.958. The van der Waals surface area contributed by atoms with Crippen LogP contribution in [0.15, 0.2) is 0 Å². The van der Waals surface area contributed by atoms with E-state index in [2.05, 4.69) is 0 Å². The summed E-state index contributed by atoms with van der Waals surface area (Å²) in [6.45, 7) is 0. The number of hydrogen-bond acceptors (Lipinski definition) is 1. The molecule has 0 atom stereocenters. The van der Waals surface area contributed by atoms with Gasteiger partial charge in [-0.25, -0.2) is 0 Å². The molecular formula is C24H47ClO2. The van der Waals surface area contributed by atoms with Crippen molar-refractivity contribution < 1.29 is 9.90 Å². The first-order valence-corrected chi connectivity index (χ1v) is 12.6. The molecule has 0 amide bonds. The molecule has 2 nitrogen and oxygen atoms in total. The summed E-state index contributed by atoms with van der Waals surface area (Å²) in [6.07, 6.45) is 28.4. The second-order valence-corrected chi connectivity index (χ2v) is 8.64. The summed E-state index contributed by atoms with van der Waals surface area (Å²) < 4.78 is 0. The fourth-order valence-corrected chi connectivity index (χ4v) is 3.92. The third-order valence-electron chi connectivity index (χ3n) is 5.52. The van der Waals surface area contributed by atoms with E-state index in [1.165, 1.54) is 122 Å². The number of carboxylic acid groups (broad SMARTS) is 1. The molecule has 0 heterocycles. The van der Waals surface area contributed by atoms with Crippen molar-refractivity contribution in [3.05, 3.63) is 0 Å². The Morgan fingerprint density at radius 1 is 0.444 bits per heavy atom. The molecule has 0 saturated carbocycles. The van der Waals surface area contributed by atoms with Gasteiger partial charge in [-0.3, -0.25) is 4.79 Å². The van der Waals surface area contributed by atoms with E-state index in [0.717, 1.165) is 18.7 Å². The largest absolute Gasteiger partial charge is 0.481 e. The van der Waals surface area contributed by atoms with Crippen LogP contribution in [0.25, 0.3) is 0 Å². The molecule has 0 rings (SSSR count). The zero-order chi connectivity index (χ0) is 19.8. The molecule has 0 saturated heterocycles. The third kappa shape index (κ3) is 25.8. The first-order valence-electron chi connectivity index (χ1n) is 12.0. The highest BCUT2D eigenvalue weighted by Crippen LogP contribution is 2.15. The van der Waals surface area contributed by atoms with Crippen LogP contribution in [0, 0.1) is 0 Å². The summed E-state index contributed by atoms with van der Waals surface area (Å²) in [6, 6.07) is 0. The number of alkyl halides is 1. The van der Waals surface area contributed by atoms with Gasteiger partial charge in [-0.1, -0.05) is 122 Å². The van der Waals surface area contributed by atoms with Gasteiger partial charge in [-0.05, 0) is 12.8 Å². The maximum absolute atomic E-state index is 10.4. The summed E-state index contributed by atoms with van der Waals surface area (Å²) in [4.78, 5) is 10.4. The highest BCUT2D eigenvalue weighted by atomic mass is 35.5. The van der Waals surface area contributed by atoms with Crippen LogP contribution in [0.4, 0.5) is 0 Å². The summed E-state index contributed by atoms with van der Waals surface area (Å²) in [5.41, 5.74) is 0. The molecule has 0 aromatic rings. The van der Waals surface area contributed by atoms with Crippen molar-refractivity contribution >= 4 is 17.6 Å². The van der Waals surface area contributed by atoms with Crippen molar-refractivity contribution in [1.82, 2.24) is 0 Å². The molecule has 0 fully saturated rings. The van der Waals surface area contributed by atoms with E-state index < -0.39 is 5.97 Å². The SMILES string of the molecule is O=C(O)CCCCCCCCCCCCCCCCCCCCCCCCl. The molecule has 0 radical (unpaired) electrons. The summed E-state index contributed by atoms with van der Waals surface area (Å²) in [5.74, 6) is 0.178. The lowest BCUT2D eigenvalue weighted by Crippen LogP contribution is -1.93. The van der Waals surface area contributed by atoms with E-state index in [1.807, 2.05) is 0 Å². The Labute approximate surface area is 174 Å². The molecule has 0 aromatic carbocycles. The summed E-state index contributed by atoms with van der Waals surface area (Å²) >= 11 is 5.69. The summed E-state index contributed by atoms with van der Waals surface area (Å²) in [7, 11) is 0. The minimum atomic E-state index is -0.653. The third-order valence-corrected chi connectivity index (χ3v) is 5.79. The highest BCUT2D eigenvalue weighted by Gasteiger charge is 1.97. The molecule has 1 N–H and O–H groups in total. The summed E-state index contributed by atoms with van der Waals surface area (Å²) in [5, 5.41) is 8.58. The van der Waals surface area contributed by atoms with Crippen LogP contribution in [-0.2, 0) is 4.79 Å². The van der Waals surface area contributed by atoms with Gasteiger partial charge in [-0.15, -0.1) is 11.6 Å². The number of carbonyl (C=O) groups is 1. The molecule has 162 valence electrons. The highest BCUT2D eigenvalue weighted by molar-refractivity contribution is 6.17. The normalized spacial score (nSPS) is 11.1. The Kier molecular flexibility index (Phi) is 23.6. The Hall–Kier alpha value is -0.240. The van der Waals surface area contributed by atoms with Gasteiger partial charge in [0.15, 0.2) is 0 Å². The quantitative estimate of drug-likeness (QED) is 0.137.